The predicted octanol–water partition coefficient (Wildman–Crippen LogP) is 5.35. The summed E-state index contributed by atoms with van der Waals surface area (Å²) in [7, 11) is 0. The van der Waals surface area contributed by atoms with E-state index in [1.807, 2.05) is 6.07 Å². The molecule has 1 aliphatic carbocycles. The van der Waals surface area contributed by atoms with Crippen molar-refractivity contribution in [3.8, 4) is 0 Å². The zero-order chi connectivity index (χ0) is 16.0. The molecule has 1 aliphatic rings. The second-order valence-corrected chi connectivity index (χ2v) is 6.84. The second kappa shape index (κ2) is 8.06. The smallest absolute Gasteiger partial charge is 0.327 e. The van der Waals surface area contributed by atoms with Crippen molar-refractivity contribution >= 4 is 17.8 Å². The first-order valence-corrected chi connectivity index (χ1v) is 8.69. The van der Waals surface area contributed by atoms with E-state index in [1.54, 1.807) is 12.2 Å². The largest absolute Gasteiger partial charge is 0.416 e. The fraction of sp³-hybridized carbons (Fsp3) is 0.529. The number of nitrogens with two attached hydrogens (primary N) is 1. The van der Waals surface area contributed by atoms with Gasteiger partial charge in [-0.25, -0.2) is 0 Å². The Kier molecular flexibility index (Phi) is 6.38. The Morgan fingerprint density at radius 2 is 1.86 bits per heavy atom. The molecule has 1 fully saturated rings. The van der Waals surface area contributed by atoms with Gasteiger partial charge in [0.25, 0.3) is 0 Å². The third-order valence-corrected chi connectivity index (χ3v) is 5.12. The molecule has 22 heavy (non-hydrogen) atoms. The van der Waals surface area contributed by atoms with E-state index in [0.717, 1.165) is 5.75 Å². The van der Waals surface area contributed by atoms with Crippen LogP contribution < -0.4 is 5.73 Å². The first kappa shape index (κ1) is 17.4. The van der Waals surface area contributed by atoms with Gasteiger partial charge in [-0.3, -0.25) is 0 Å². The van der Waals surface area contributed by atoms with E-state index in [-0.39, 0.29) is 0 Å². The highest BCUT2D eigenvalue weighted by Crippen LogP contribution is 2.35. The van der Waals surface area contributed by atoms with E-state index < -0.39 is 11.7 Å². The quantitative estimate of drug-likeness (QED) is 0.737. The van der Waals surface area contributed by atoms with Crippen LogP contribution in [0.4, 0.5) is 13.2 Å². The molecule has 0 heterocycles. The van der Waals surface area contributed by atoms with Crippen molar-refractivity contribution in [2.75, 3.05) is 12.3 Å². The van der Waals surface area contributed by atoms with Crippen LogP contribution in [0.1, 0.15) is 43.2 Å². The summed E-state index contributed by atoms with van der Waals surface area (Å²) in [5.74, 6) is 1.54. The Balaban J connectivity index is 2.12. The minimum Gasteiger partial charge on any atom is -0.327 e. The zero-order valence-electron chi connectivity index (χ0n) is 12.5. The van der Waals surface area contributed by atoms with Crippen LogP contribution in [0.3, 0.4) is 0 Å². The number of hydrogen-bond acceptors (Lipinski definition) is 2. The zero-order valence-corrected chi connectivity index (χ0v) is 13.3. The van der Waals surface area contributed by atoms with Gasteiger partial charge in [0, 0.05) is 17.2 Å². The standard InChI is InChI=1S/C17H22F3NS/c18-17(19,20)15-9-14(7-4-8-21)10-16(11-15)22-12-13-5-2-1-3-6-13/h4,7,9-11,13H,1-3,5-6,8,12,21H2. The first-order chi connectivity index (χ1) is 10.5. The molecule has 0 radical (unpaired) electrons. The topological polar surface area (TPSA) is 26.0 Å². The summed E-state index contributed by atoms with van der Waals surface area (Å²) >= 11 is 1.54. The van der Waals surface area contributed by atoms with Gasteiger partial charge in [0.05, 0.1) is 5.56 Å². The van der Waals surface area contributed by atoms with Crippen LogP contribution >= 0.6 is 11.8 Å². The molecule has 2 N–H and O–H groups in total. The Labute approximate surface area is 134 Å². The predicted molar refractivity (Wildman–Crippen MR) is 86.8 cm³/mol. The fourth-order valence-electron chi connectivity index (χ4n) is 2.74. The Morgan fingerprint density at radius 1 is 1.14 bits per heavy atom. The summed E-state index contributed by atoms with van der Waals surface area (Å²) in [6, 6.07) is 4.25. The van der Waals surface area contributed by atoms with E-state index in [1.165, 1.54) is 56.0 Å². The third kappa shape index (κ3) is 5.36. The molecule has 0 atom stereocenters. The molecule has 122 valence electrons. The van der Waals surface area contributed by atoms with Crippen LogP contribution in [0, 0.1) is 5.92 Å². The van der Waals surface area contributed by atoms with Crippen LogP contribution in [0.2, 0.25) is 0 Å². The van der Waals surface area contributed by atoms with Crippen molar-refractivity contribution in [1.29, 1.82) is 0 Å². The molecule has 0 saturated heterocycles. The minimum atomic E-state index is -4.31. The van der Waals surface area contributed by atoms with Crippen molar-refractivity contribution in [3.05, 3.63) is 35.4 Å². The normalized spacial score (nSPS) is 17.3. The molecular weight excluding hydrogens is 307 g/mol. The van der Waals surface area contributed by atoms with Crippen LogP contribution in [0.15, 0.2) is 29.2 Å². The van der Waals surface area contributed by atoms with Crippen LogP contribution in [-0.2, 0) is 6.18 Å². The van der Waals surface area contributed by atoms with Gasteiger partial charge in [-0.15, -0.1) is 11.8 Å². The average molecular weight is 329 g/mol. The van der Waals surface area contributed by atoms with E-state index >= 15 is 0 Å². The highest BCUT2D eigenvalue weighted by atomic mass is 32.2. The summed E-state index contributed by atoms with van der Waals surface area (Å²) in [6.07, 6.45) is 5.20. The van der Waals surface area contributed by atoms with Gasteiger partial charge in [0.15, 0.2) is 0 Å². The van der Waals surface area contributed by atoms with Crippen LogP contribution in [0.25, 0.3) is 6.08 Å². The molecule has 1 nitrogen and oxygen atoms in total. The van der Waals surface area contributed by atoms with Gasteiger partial charge >= 0.3 is 6.18 Å². The summed E-state index contributed by atoms with van der Waals surface area (Å²) in [5, 5.41) is 0. The second-order valence-electron chi connectivity index (χ2n) is 5.74. The molecule has 5 heteroatoms. The minimum absolute atomic E-state index is 0.320. The van der Waals surface area contributed by atoms with Gasteiger partial charge < -0.3 is 5.73 Å². The number of rotatable bonds is 5. The average Bonchev–Trinajstić information content (AvgIpc) is 2.51. The Morgan fingerprint density at radius 3 is 2.50 bits per heavy atom. The number of halogens is 3. The molecule has 1 aromatic carbocycles. The number of thioether (sulfide) groups is 1. The number of benzene rings is 1. The lowest BCUT2D eigenvalue weighted by Crippen LogP contribution is -2.09. The maximum atomic E-state index is 13.0. The van der Waals surface area contributed by atoms with Crippen LogP contribution in [0.5, 0.6) is 0 Å². The third-order valence-electron chi connectivity index (χ3n) is 3.91. The summed E-state index contributed by atoms with van der Waals surface area (Å²) < 4.78 is 39.0. The highest BCUT2D eigenvalue weighted by Gasteiger charge is 2.31. The van der Waals surface area contributed by atoms with E-state index in [2.05, 4.69) is 0 Å². The molecule has 1 saturated carbocycles. The van der Waals surface area contributed by atoms with E-state index in [0.29, 0.717) is 22.9 Å². The SMILES string of the molecule is NCC=Cc1cc(SCC2CCCCC2)cc(C(F)(F)F)c1. The van der Waals surface area contributed by atoms with Crippen molar-refractivity contribution in [2.45, 2.75) is 43.2 Å². The highest BCUT2D eigenvalue weighted by molar-refractivity contribution is 7.99. The monoisotopic (exact) mass is 329 g/mol. The molecule has 2 rings (SSSR count). The lowest BCUT2D eigenvalue weighted by Gasteiger charge is -2.21. The first-order valence-electron chi connectivity index (χ1n) is 7.71. The number of hydrogen-bond donors (Lipinski definition) is 1. The van der Waals surface area contributed by atoms with Gasteiger partial charge in [-0.2, -0.15) is 13.2 Å². The van der Waals surface area contributed by atoms with Gasteiger partial charge in [-0.1, -0.05) is 31.4 Å². The molecule has 0 bridgehead atoms. The van der Waals surface area contributed by atoms with Crippen molar-refractivity contribution < 1.29 is 13.2 Å². The maximum Gasteiger partial charge on any atom is 0.416 e. The van der Waals surface area contributed by atoms with Gasteiger partial charge in [0.1, 0.15) is 0 Å². The fourth-order valence-corrected chi connectivity index (χ4v) is 3.93. The lowest BCUT2D eigenvalue weighted by molar-refractivity contribution is -0.137. The van der Waals surface area contributed by atoms with Crippen molar-refractivity contribution in [1.82, 2.24) is 0 Å². The Bertz CT molecular complexity index is 505. The van der Waals surface area contributed by atoms with Crippen molar-refractivity contribution in [3.63, 3.8) is 0 Å². The summed E-state index contributed by atoms with van der Waals surface area (Å²) in [4.78, 5) is 0.692. The van der Waals surface area contributed by atoms with E-state index in [9.17, 15) is 13.2 Å². The molecule has 0 unspecified atom stereocenters. The molecular formula is C17H22F3NS. The molecule has 0 amide bonds. The van der Waals surface area contributed by atoms with Gasteiger partial charge in [0.2, 0.25) is 0 Å². The summed E-state index contributed by atoms with van der Waals surface area (Å²) in [5.41, 5.74) is 5.36. The van der Waals surface area contributed by atoms with Gasteiger partial charge in [-0.05, 0) is 42.5 Å². The van der Waals surface area contributed by atoms with Crippen molar-refractivity contribution in [2.24, 2.45) is 11.7 Å². The molecule has 0 aliphatic heterocycles. The molecule has 0 aromatic heterocycles. The summed E-state index contributed by atoms with van der Waals surface area (Å²) in [6.45, 7) is 0.320. The lowest BCUT2D eigenvalue weighted by atomic mass is 9.91. The molecule has 0 spiro atoms. The van der Waals surface area contributed by atoms with E-state index in [4.69, 9.17) is 5.73 Å². The Hall–Kier alpha value is -0.940. The maximum absolute atomic E-state index is 13.0. The molecule has 1 aromatic rings. The van der Waals surface area contributed by atoms with Crippen LogP contribution in [-0.4, -0.2) is 12.3 Å². The number of alkyl halides is 3.